The first kappa shape index (κ1) is 11.4. The Balaban J connectivity index is 2.97. The lowest BCUT2D eigenvalue weighted by atomic mass is 10.2. The number of hydrogen-bond acceptors (Lipinski definition) is 3. The molecule has 1 aromatic carbocycles. The number of aromatic nitrogens is 1. The van der Waals surface area contributed by atoms with Gasteiger partial charge in [-0.25, -0.2) is 9.37 Å². The summed E-state index contributed by atoms with van der Waals surface area (Å²) in [4.78, 5) is 6.54. The molecule has 0 spiro atoms. The van der Waals surface area contributed by atoms with E-state index in [1.807, 2.05) is 0 Å². The van der Waals surface area contributed by atoms with E-state index < -0.39 is 5.82 Å². The summed E-state index contributed by atoms with van der Waals surface area (Å²) in [6, 6.07) is 4.31. The second-order valence-corrected chi connectivity index (χ2v) is 3.47. The third-order valence-corrected chi connectivity index (χ3v) is 2.46. The minimum atomic E-state index is -0.540. The van der Waals surface area contributed by atoms with Crippen molar-refractivity contribution in [3.05, 3.63) is 39.6 Å². The van der Waals surface area contributed by atoms with Gasteiger partial charge in [0.1, 0.15) is 11.3 Å². The third-order valence-electron chi connectivity index (χ3n) is 2.20. The number of rotatable bonds is 2. The molecule has 5 nitrogen and oxygen atoms in total. The molecule has 0 aliphatic heterocycles. The maximum absolute atomic E-state index is 13.5. The van der Waals surface area contributed by atoms with E-state index in [1.165, 1.54) is 19.2 Å². The molecule has 0 N–H and O–H groups in total. The summed E-state index contributed by atoms with van der Waals surface area (Å²) in [6.07, 6.45) is 0. The van der Waals surface area contributed by atoms with E-state index in [9.17, 15) is 4.39 Å². The molecule has 0 unspecified atom stereocenters. The van der Waals surface area contributed by atoms with Crippen molar-refractivity contribution in [2.75, 3.05) is 7.11 Å². The van der Waals surface area contributed by atoms with Gasteiger partial charge in [-0.05, 0) is 11.6 Å². The van der Waals surface area contributed by atoms with E-state index in [0.29, 0.717) is 5.39 Å². The molecule has 0 saturated carbocycles. The van der Waals surface area contributed by atoms with Gasteiger partial charge >= 0.3 is 0 Å². The van der Waals surface area contributed by atoms with Crippen LogP contribution in [0.5, 0.6) is 5.75 Å². The highest BCUT2D eigenvalue weighted by Crippen LogP contribution is 2.40. The molecule has 0 saturated heterocycles. The van der Waals surface area contributed by atoms with Crippen LogP contribution in [0.2, 0.25) is 5.15 Å². The highest BCUT2D eigenvalue weighted by Gasteiger charge is 2.15. The van der Waals surface area contributed by atoms with Crippen molar-refractivity contribution < 1.29 is 9.13 Å². The molecule has 86 valence electrons. The maximum Gasteiger partial charge on any atom is 0.172 e. The van der Waals surface area contributed by atoms with Gasteiger partial charge in [0.25, 0.3) is 0 Å². The molecule has 0 fully saturated rings. The van der Waals surface area contributed by atoms with Gasteiger partial charge in [0, 0.05) is 10.3 Å². The summed E-state index contributed by atoms with van der Waals surface area (Å²) < 4.78 is 18.5. The predicted octanol–water partition coefficient (Wildman–Crippen LogP) is 3.98. The molecule has 17 heavy (non-hydrogen) atoms. The number of methoxy groups -OCH3 is 1. The fraction of sp³-hybridized carbons (Fsp3) is 0.100. The molecule has 2 aromatic rings. The Morgan fingerprint density at radius 1 is 1.53 bits per heavy atom. The molecular weight excluding hydrogens is 247 g/mol. The summed E-state index contributed by atoms with van der Waals surface area (Å²) >= 11 is 5.83. The Kier molecular flexibility index (Phi) is 2.99. The van der Waals surface area contributed by atoms with Crippen molar-refractivity contribution in [3.63, 3.8) is 0 Å². The van der Waals surface area contributed by atoms with Crippen molar-refractivity contribution >= 4 is 28.2 Å². The topological polar surface area (TPSA) is 70.9 Å². The van der Waals surface area contributed by atoms with Gasteiger partial charge in [-0.1, -0.05) is 28.8 Å². The number of pyridine rings is 1. The zero-order valence-corrected chi connectivity index (χ0v) is 9.44. The average Bonchev–Trinajstić information content (AvgIpc) is 2.31. The molecule has 0 bridgehead atoms. The number of fused-ring (bicyclic) bond motifs is 1. The summed E-state index contributed by atoms with van der Waals surface area (Å²) in [5.41, 5.74) is 8.68. The predicted molar refractivity (Wildman–Crippen MR) is 62.1 cm³/mol. The van der Waals surface area contributed by atoms with Crippen molar-refractivity contribution in [1.29, 1.82) is 0 Å². The summed E-state index contributed by atoms with van der Waals surface area (Å²) in [5.74, 6) is -0.413. The first-order chi connectivity index (χ1) is 8.19. The SMILES string of the molecule is COc1c(Cl)nc2c(F)cccc2c1N=[N+]=[N-]. The number of halogens is 2. The largest absolute Gasteiger partial charge is 0.493 e. The van der Waals surface area contributed by atoms with Gasteiger partial charge in [-0.3, -0.25) is 0 Å². The van der Waals surface area contributed by atoms with Crippen molar-refractivity contribution in [1.82, 2.24) is 4.98 Å². The lowest BCUT2D eigenvalue weighted by Crippen LogP contribution is -1.91. The second kappa shape index (κ2) is 4.45. The van der Waals surface area contributed by atoms with Crippen LogP contribution in [0.15, 0.2) is 23.3 Å². The fourth-order valence-electron chi connectivity index (χ4n) is 1.51. The van der Waals surface area contributed by atoms with Crippen molar-refractivity contribution in [2.45, 2.75) is 0 Å². The van der Waals surface area contributed by atoms with Crippen LogP contribution in [-0.4, -0.2) is 12.1 Å². The molecule has 0 amide bonds. The van der Waals surface area contributed by atoms with Crippen LogP contribution in [0.4, 0.5) is 10.1 Å². The van der Waals surface area contributed by atoms with Gasteiger partial charge in [0.2, 0.25) is 0 Å². The number of hydrogen-bond donors (Lipinski definition) is 0. The van der Waals surface area contributed by atoms with Gasteiger partial charge in [0.15, 0.2) is 10.9 Å². The first-order valence-electron chi connectivity index (χ1n) is 4.56. The summed E-state index contributed by atoms with van der Waals surface area (Å²) in [7, 11) is 1.37. The number of ether oxygens (including phenoxy) is 1. The molecule has 1 aromatic heterocycles. The number of nitrogens with zero attached hydrogens (tertiary/aromatic N) is 4. The first-order valence-corrected chi connectivity index (χ1v) is 4.93. The second-order valence-electron chi connectivity index (χ2n) is 3.11. The Bertz CT molecular complexity index is 640. The van der Waals surface area contributed by atoms with Crippen LogP contribution in [0, 0.1) is 5.82 Å². The van der Waals surface area contributed by atoms with Gasteiger partial charge in [-0.15, -0.1) is 0 Å². The third kappa shape index (κ3) is 1.84. The minimum Gasteiger partial charge on any atom is -0.493 e. The van der Waals surface area contributed by atoms with E-state index in [0.717, 1.165) is 0 Å². The monoisotopic (exact) mass is 252 g/mol. The van der Waals surface area contributed by atoms with E-state index >= 15 is 0 Å². The minimum absolute atomic E-state index is 0.0423. The zero-order chi connectivity index (χ0) is 12.4. The van der Waals surface area contributed by atoms with Gasteiger partial charge in [-0.2, -0.15) is 0 Å². The maximum atomic E-state index is 13.5. The van der Waals surface area contributed by atoms with Crippen LogP contribution in [0.25, 0.3) is 21.3 Å². The highest BCUT2D eigenvalue weighted by molar-refractivity contribution is 6.32. The van der Waals surface area contributed by atoms with E-state index in [2.05, 4.69) is 15.0 Å². The van der Waals surface area contributed by atoms with Crippen LogP contribution in [0.1, 0.15) is 0 Å². The summed E-state index contributed by atoms with van der Waals surface area (Å²) in [5, 5.41) is 3.77. The quantitative estimate of drug-likeness (QED) is 0.351. The molecule has 7 heteroatoms. The van der Waals surface area contributed by atoms with E-state index in [1.54, 1.807) is 6.07 Å². The fourth-order valence-corrected chi connectivity index (χ4v) is 1.77. The number of para-hydroxylation sites is 1. The normalized spacial score (nSPS) is 10.1. The Morgan fingerprint density at radius 2 is 2.29 bits per heavy atom. The smallest absolute Gasteiger partial charge is 0.172 e. The Morgan fingerprint density at radius 3 is 2.94 bits per heavy atom. The molecule has 0 aliphatic rings. The molecule has 0 aliphatic carbocycles. The molecule has 1 heterocycles. The molecule has 2 rings (SSSR count). The zero-order valence-electron chi connectivity index (χ0n) is 8.69. The van der Waals surface area contributed by atoms with Crippen LogP contribution >= 0.6 is 11.6 Å². The van der Waals surface area contributed by atoms with Gasteiger partial charge < -0.3 is 4.74 Å². The van der Waals surface area contributed by atoms with E-state index in [4.69, 9.17) is 21.9 Å². The van der Waals surface area contributed by atoms with Gasteiger partial charge in [0.05, 0.1) is 12.8 Å². The lowest BCUT2D eigenvalue weighted by Gasteiger charge is -2.09. The van der Waals surface area contributed by atoms with Crippen molar-refractivity contribution in [2.24, 2.45) is 5.11 Å². The number of azide groups is 1. The Labute approximate surface area is 100 Å². The lowest BCUT2D eigenvalue weighted by molar-refractivity contribution is 0.415. The Hall–Kier alpha value is -2.04. The van der Waals surface area contributed by atoms with Crippen molar-refractivity contribution in [3.8, 4) is 5.75 Å². The highest BCUT2D eigenvalue weighted by atomic mass is 35.5. The summed E-state index contributed by atoms with van der Waals surface area (Å²) in [6.45, 7) is 0. The molecular formula is C10H6ClFN4O. The van der Waals surface area contributed by atoms with Crippen LogP contribution in [-0.2, 0) is 0 Å². The standard InChI is InChI=1S/C10H6ClFN4O/c1-17-9-8(15-16-13)5-3-2-4-6(12)7(5)14-10(9)11/h2-4H,1H3. The average molecular weight is 253 g/mol. The molecule has 0 radical (unpaired) electrons. The molecule has 0 atom stereocenters. The van der Waals surface area contributed by atoms with Crippen LogP contribution in [0.3, 0.4) is 0 Å². The van der Waals surface area contributed by atoms with Crippen LogP contribution < -0.4 is 4.74 Å². The van der Waals surface area contributed by atoms with E-state index in [-0.39, 0.29) is 22.1 Å². The number of benzene rings is 1.